The lowest BCUT2D eigenvalue weighted by molar-refractivity contribution is 0.563. The molecule has 0 aliphatic rings. The van der Waals surface area contributed by atoms with Gasteiger partial charge in [0.25, 0.3) is 5.56 Å². The molecular weight excluding hydrogens is 451 g/mol. The highest BCUT2D eigenvalue weighted by Gasteiger charge is 2.16. The van der Waals surface area contributed by atoms with Gasteiger partial charge in [0.1, 0.15) is 5.82 Å². The highest BCUT2D eigenvalue weighted by atomic mass is 35.5. The zero-order valence-electron chi connectivity index (χ0n) is 16.7. The molecule has 0 saturated heterocycles. The topological polar surface area (TPSA) is 72.2 Å². The third kappa shape index (κ3) is 4.85. The molecule has 0 fully saturated rings. The zero-order valence-corrected chi connectivity index (χ0v) is 18.3. The second-order valence-corrected chi connectivity index (χ2v) is 8.52. The fraction of sp³-hybridized carbons (Fsp3) is 0.0833. The Morgan fingerprint density at radius 1 is 1.00 bits per heavy atom. The normalized spacial score (nSPS) is 12.0. The number of aromatic nitrogens is 2. The molecule has 1 heterocycles. The molecule has 0 amide bonds. The van der Waals surface area contributed by atoms with Crippen molar-refractivity contribution in [2.45, 2.75) is 12.2 Å². The number of nitrogens with zero attached hydrogens (tertiary/aromatic N) is 2. The van der Waals surface area contributed by atoms with Crippen LogP contribution in [0, 0.1) is 5.82 Å². The van der Waals surface area contributed by atoms with Crippen molar-refractivity contribution in [3.8, 4) is 16.8 Å². The Kier molecular flexibility index (Phi) is 6.60. The molecule has 8 heteroatoms. The number of benzene rings is 3. The molecular formula is C24H18ClFN2O3S. The molecule has 0 saturated carbocycles. The molecule has 0 radical (unpaired) electrons. The third-order valence-electron chi connectivity index (χ3n) is 5.00. The van der Waals surface area contributed by atoms with Gasteiger partial charge < -0.3 is 4.55 Å². The SMILES string of the molecule is O=c1c(Cc2ccccc2)c(-c2ccc(CS(=O)O)cc2)cnn1-c1ccc(F)c(Cl)c1. The van der Waals surface area contributed by atoms with Gasteiger partial charge in [-0.25, -0.2) is 8.60 Å². The minimum absolute atomic E-state index is 0.0301. The van der Waals surface area contributed by atoms with Crippen LogP contribution in [0.1, 0.15) is 16.7 Å². The fourth-order valence-electron chi connectivity index (χ4n) is 3.43. The Labute approximate surface area is 191 Å². The van der Waals surface area contributed by atoms with E-state index in [9.17, 15) is 13.4 Å². The van der Waals surface area contributed by atoms with Crippen LogP contribution in [0.25, 0.3) is 16.8 Å². The Morgan fingerprint density at radius 2 is 1.72 bits per heavy atom. The van der Waals surface area contributed by atoms with Crippen LogP contribution in [0.2, 0.25) is 5.02 Å². The summed E-state index contributed by atoms with van der Waals surface area (Å²) in [6.07, 6.45) is 1.96. The van der Waals surface area contributed by atoms with Crippen molar-refractivity contribution in [3.63, 3.8) is 0 Å². The lowest BCUT2D eigenvalue weighted by Gasteiger charge is -2.13. The first kappa shape index (κ1) is 22.1. The Morgan fingerprint density at radius 3 is 2.38 bits per heavy atom. The molecule has 4 rings (SSSR count). The predicted molar refractivity (Wildman–Crippen MR) is 124 cm³/mol. The van der Waals surface area contributed by atoms with Gasteiger partial charge in [-0.2, -0.15) is 9.78 Å². The first-order chi connectivity index (χ1) is 15.4. The summed E-state index contributed by atoms with van der Waals surface area (Å²) in [5.41, 5.74) is 3.62. The molecule has 5 nitrogen and oxygen atoms in total. The lowest BCUT2D eigenvalue weighted by Crippen LogP contribution is -2.26. The van der Waals surface area contributed by atoms with Gasteiger partial charge in [-0.1, -0.05) is 66.2 Å². The summed E-state index contributed by atoms with van der Waals surface area (Å²) in [6.45, 7) is 0. The molecule has 4 aromatic rings. The molecule has 0 aliphatic carbocycles. The monoisotopic (exact) mass is 468 g/mol. The summed E-state index contributed by atoms with van der Waals surface area (Å²) in [4.78, 5) is 13.5. The third-order valence-corrected chi connectivity index (χ3v) is 5.87. The van der Waals surface area contributed by atoms with E-state index in [1.807, 2.05) is 30.3 Å². The fourth-order valence-corrected chi connectivity index (χ4v) is 4.08. The van der Waals surface area contributed by atoms with Gasteiger partial charge in [-0.05, 0) is 34.9 Å². The summed E-state index contributed by atoms with van der Waals surface area (Å²) in [6, 6.07) is 20.7. The zero-order chi connectivity index (χ0) is 22.7. The predicted octanol–water partition coefficient (Wildman–Crippen LogP) is 5.00. The second-order valence-electron chi connectivity index (χ2n) is 7.18. The Bertz CT molecular complexity index is 1340. The molecule has 3 aromatic carbocycles. The molecule has 1 atom stereocenters. The minimum atomic E-state index is -1.93. The van der Waals surface area contributed by atoms with Gasteiger partial charge in [0, 0.05) is 17.5 Å². The van der Waals surface area contributed by atoms with E-state index < -0.39 is 16.9 Å². The van der Waals surface area contributed by atoms with Crippen molar-refractivity contribution in [2.24, 2.45) is 0 Å². The molecule has 0 spiro atoms. The van der Waals surface area contributed by atoms with Gasteiger partial charge in [-0.3, -0.25) is 4.79 Å². The summed E-state index contributed by atoms with van der Waals surface area (Å²) in [5.74, 6) is -0.545. The molecule has 0 bridgehead atoms. The number of rotatable bonds is 6. The van der Waals surface area contributed by atoms with Crippen LogP contribution < -0.4 is 5.56 Å². The first-order valence-electron chi connectivity index (χ1n) is 9.69. The highest BCUT2D eigenvalue weighted by Crippen LogP contribution is 2.25. The van der Waals surface area contributed by atoms with E-state index in [0.717, 1.165) is 11.1 Å². The summed E-state index contributed by atoms with van der Waals surface area (Å²) >= 11 is 3.97. The van der Waals surface area contributed by atoms with Crippen LogP contribution in [0.15, 0.2) is 83.8 Å². The van der Waals surface area contributed by atoms with Gasteiger partial charge in [-0.15, -0.1) is 0 Å². The van der Waals surface area contributed by atoms with Crippen molar-refractivity contribution in [3.05, 3.63) is 117 Å². The molecule has 32 heavy (non-hydrogen) atoms. The average molecular weight is 469 g/mol. The van der Waals surface area contributed by atoms with Crippen molar-refractivity contribution >= 4 is 22.7 Å². The quantitative estimate of drug-likeness (QED) is 0.404. The van der Waals surface area contributed by atoms with E-state index in [0.29, 0.717) is 28.8 Å². The van der Waals surface area contributed by atoms with E-state index in [1.165, 1.54) is 22.9 Å². The van der Waals surface area contributed by atoms with E-state index in [-0.39, 0.29) is 16.3 Å². The van der Waals surface area contributed by atoms with Crippen molar-refractivity contribution < 1.29 is 13.2 Å². The molecule has 1 unspecified atom stereocenters. The summed E-state index contributed by atoms with van der Waals surface area (Å²) in [5, 5.41) is 4.21. The van der Waals surface area contributed by atoms with E-state index in [1.54, 1.807) is 30.5 Å². The van der Waals surface area contributed by atoms with E-state index in [2.05, 4.69) is 5.10 Å². The van der Waals surface area contributed by atoms with E-state index >= 15 is 0 Å². The van der Waals surface area contributed by atoms with Crippen molar-refractivity contribution in [1.29, 1.82) is 0 Å². The molecule has 1 N–H and O–H groups in total. The van der Waals surface area contributed by atoms with Crippen molar-refractivity contribution in [1.82, 2.24) is 9.78 Å². The summed E-state index contributed by atoms with van der Waals surface area (Å²) in [7, 11) is 0. The summed E-state index contributed by atoms with van der Waals surface area (Å²) < 4.78 is 35.0. The highest BCUT2D eigenvalue weighted by molar-refractivity contribution is 7.78. The number of hydrogen-bond donors (Lipinski definition) is 1. The van der Waals surface area contributed by atoms with Crippen LogP contribution in [0.3, 0.4) is 0 Å². The second kappa shape index (κ2) is 9.56. The van der Waals surface area contributed by atoms with Crippen LogP contribution in [0.4, 0.5) is 4.39 Å². The average Bonchev–Trinajstić information content (AvgIpc) is 2.78. The van der Waals surface area contributed by atoms with Gasteiger partial charge in [0.2, 0.25) is 0 Å². The molecule has 1 aromatic heterocycles. The van der Waals surface area contributed by atoms with E-state index in [4.69, 9.17) is 16.2 Å². The van der Waals surface area contributed by atoms with Crippen LogP contribution in [0.5, 0.6) is 0 Å². The van der Waals surface area contributed by atoms with Gasteiger partial charge in [0.15, 0.2) is 11.1 Å². The molecule has 0 aliphatic heterocycles. The standard InChI is InChI=1S/C24H18ClFN2O3S/c25-22-13-19(10-11-23(22)26)28-24(29)20(12-16-4-2-1-3-5-16)21(14-27-28)18-8-6-17(7-9-18)15-32(30)31/h1-11,13-14H,12,15H2,(H,30,31). The Balaban J connectivity index is 1.84. The van der Waals surface area contributed by atoms with Gasteiger partial charge in [0.05, 0.1) is 22.7 Å². The minimum Gasteiger partial charge on any atom is -0.306 e. The number of hydrogen-bond acceptors (Lipinski definition) is 3. The van der Waals surface area contributed by atoms with Crippen LogP contribution in [-0.4, -0.2) is 18.5 Å². The van der Waals surface area contributed by atoms with Crippen LogP contribution >= 0.6 is 11.6 Å². The van der Waals surface area contributed by atoms with Crippen molar-refractivity contribution in [2.75, 3.05) is 0 Å². The number of halogens is 2. The smallest absolute Gasteiger partial charge is 0.275 e. The molecule has 162 valence electrons. The first-order valence-corrected chi connectivity index (χ1v) is 11.3. The largest absolute Gasteiger partial charge is 0.306 e. The van der Waals surface area contributed by atoms with Gasteiger partial charge >= 0.3 is 0 Å². The maximum absolute atomic E-state index is 13.6. The maximum Gasteiger partial charge on any atom is 0.275 e. The Hall–Kier alpha value is -3.13. The van der Waals surface area contributed by atoms with Crippen LogP contribution in [-0.2, 0) is 23.3 Å². The maximum atomic E-state index is 13.6. The lowest BCUT2D eigenvalue weighted by atomic mass is 9.97.